The predicted octanol–water partition coefficient (Wildman–Crippen LogP) is -0.365. The Morgan fingerprint density at radius 3 is 2.63 bits per heavy atom. The third kappa shape index (κ3) is 3.27. The molecule has 1 atom stereocenters. The molecular weight excluding hydrogens is 248 g/mol. The lowest BCUT2D eigenvalue weighted by molar-refractivity contribution is -0.134. The topological polar surface area (TPSA) is 104 Å². The zero-order valence-electron chi connectivity index (χ0n) is 11.1. The molecule has 0 aromatic carbocycles. The van der Waals surface area contributed by atoms with Gasteiger partial charge in [0, 0.05) is 25.9 Å². The number of nitrogens with one attached hydrogen (secondary N) is 2. The summed E-state index contributed by atoms with van der Waals surface area (Å²) in [6, 6.07) is -0.267. The van der Waals surface area contributed by atoms with Crippen LogP contribution in [-0.2, 0) is 9.59 Å². The molecule has 0 saturated carbocycles. The molecule has 2 N–H and O–H groups in total. The van der Waals surface area contributed by atoms with E-state index in [1.54, 1.807) is 11.8 Å². The van der Waals surface area contributed by atoms with Gasteiger partial charge in [0.05, 0.1) is 6.04 Å². The highest BCUT2D eigenvalue weighted by molar-refractivity contribution is 5.79. The Kier molecular flexibility index (Phi) is 4.08. The van der Waals surface area contributed by atoms with Crippen LogP contribution >= 0.6 is 0 Å². The molecule has 19 heavy (non-hydrogen) atoms. The second-order valence-corrected chi connectivity index (χ2v) is 4.78. The average molecular weight is 266 g/mol. The van der Waals surface area contributed by atoms with Crippen LogP contribution in [-0.4, -0.2) is 50.4 Å². The molecule has 0 bridgehead atoms. The molecule has 8 heteroatoms. The maximum absolute atomic E-state index is 12.1. The molecule has 1 aromatic rings. The van der Waals surface area contributed by atoms with Gasteiger partial charge in [0.1, 0.15) is 0 Å². The van der Waals surface area contributed by atoms with Crippen LogP contribution < -0.4 is 5.32 Å². The van der Waals surface area contributed by atoms with Gasteiger partial charge >= 0.3 is 0 Å². The largest absolute Gasteiger partial charge is 0.346 e. The van der Waals surface area contributed by atoms with Gasteiger partial charge in [0.2, 0.25) is 11.8 Å². The van der Waals surface area contributed by atoms with E-state index in [9.17, 15) is 9.59 Å². The summed E-state index contributed by atoms with van der Waals surface area (Å²) in [6.45, 7) is 4.65. The second-order valence-electron chi connectivity index (χ2n) is 4.78. The van der Waals surface area contributed by atoms with Crippen molar-refractivity contribution in [2.75, 3.05) is 13.1 Å². The Balaban J connectivity index is 1.83. The van der Waals surface area contributed by atoms with E-state index in [1.165, 1.54) is 0 Å². The smallest absolute Gasteiger partial charge is 0.223 e. The fourth-order valence-electron chi connectivity index (χ4n) is 2.21. The number of nitrogens with zero attached hydrogens (tertiary/aromatic N) is 4. The third-order valence-electron chi connectivity index (χ3n) is 3.42. The maximum Gasteiger partial charge on any atom is 0.223 e. The quantitative estimate of drug-likeness (QED) is 0.777. The fourth-order valence-corrected chi connectivity index (χ4v) is 2.21. The monoisotopic (exact) mass is 266 g/mol. The van der Waals surface area contributed by atoms with Gasteiger partial charge in [0.15, 0.2) is 5.82 Å². The van der Waals surface area contributed by atoms with Gasteiger partial charge in [-0.15, -0.1) is 10.2 Å². The number of tetrazole rings is 1. The number of H-pyrrole nitrogens is 1. The summed E-state index contributed by atoms with van der Waals surface area (Å²) in [5.74, 6) is 0.471. The summed E-state index contributed by atoms with van der Waals surface area (Å²) in [7, 11) is 0. The summed E-state index contributed by atoms with van der Waals surface area (Å²) in [5.41, 5.74) is 0. The number of hydrogen-bond donors (Lipinski definition) is 2. The van der Waals surface area contributed by atoms with Crippen LogP contribution in [0.5, 0.6) is 0 Å². The molecule has 2 rings (SSSR count). The minimum atomic E-state index is -0.267. The summed E-state index contributed by atoms with van der Waals surface area (Å²) >= 11 is 0. The van der Waals surface area contributed by atoms with E-state index in [0.29, 0.717) is 31.8 Å². The number of carbonyl (C=O) groups is 2. The zero-order valence-corrected chi connectivity index (χ0v) is 11.1. The van der Waals surface area contributed by atoms with Gasteiger partial charge in [-0.05, 0) is 19.8 Å². The van der Waals surface area contributed by atoms with Gasteiger partial charge in [-0.2, -0.15) is 5.21 Å². The molecule has 0 aliphatic carbocycles. The Labute approximate surface area is 110 Å². The SMILES string of the molecule is CC(=O)N1CCC(C(=O)NC(C)c2nn[nH]n2)CC1. The molecular formula is C11H18N6O2. The second kappa shape index (κ2) is 5.77. The number of rotatable bonds is 3. The van der Waals surface area contributed by atoms with Crippen LogP contribution in [0.15, 0.2) is 0 Å². The van der Waals surface area contributed by atoms with Crippen LogP contribution in [0.4, 0.5) is 0 Å². The number of hydrogen-bond acceptors (Lipinski definition) is 5. The van der Waals surface area contributed by atoms with Crippen LogP contribution in [0.2, 0.25) is 0 Å². The summed E-state index contributed by atoms with van der Waals surface area (Å²) in [6.07, 6.45) is 1.40. The van der Waals surface area contributed by atoms with Crippen molar-refractivity contribution in [3.63, 3.8) is 0 Å². The molecule has 1 unspecified atom stereocenters. The van der Waals surface area contributed by atoms with Crippen LogP contribution in [0, 0.1) is 5.92 Å². The molecule has 8 nitrogen and oxygen atoms in total. The molecule has 2 heterocycles. The van der Waals surface area contributed by atoms with E-state index in [0.717, 1.165) is 0 Å². The first-order valence-corrected chi connectivity index (χ1v) is 6.37. The van der Waals surface area contributed by atoms with Crippen LogP contribution in [0.25, 0.3) is 0 Å². The number of amides is 2. The summed E-state index contributed by atoms with van der Waals surface area (Å²) in [5, 5.41) is 16.4. The molecule has 0 radical (unpaired) electrons. The van der Waals surface area contributed by atoms with Crippen molar-refractivity contribution in [1.82, 2.24) is 30.8 Å². The molecule has 0 spiro atoms. The van der Waals surface area contributed by atoms with Crippen molar-refractivity contribution < 1.29 is 9.59 Å². The zero-order chi connectivity index (χ0) is 13.8. The average Bonchev–Trinajstić information content (AvgIpc) is 2.92. The van der Waals surface area contributed by atoms with Gasteiger partial charge in [-0.25, -0.2) is 0 Å². The molecule has 1 fully saturated rings. The highest BCUT2D eigenvalue weighted by Crippen LogP contribution is 2.18. The first-order chi connectivity index (χ1) is 9.08. The van der Waals surface area contributed by atoms with E-state index < -0.39 is 0 Å². The van der Waals surface area contributed by atoms with E-state index in [2.05, 4.69) is 25.9 Å². The fraction of sp³-hybridized carbons (Fsp3) is 0.727. The number of aromatic amines is 1. The molecule has 2 amide bonds. The number of carbonyl (C=O) groups excluding carboxylic acids is 2. The number of likely N-dealkylation sites (tertiary alicyclic amines) is 1. The Morgan fingerprint density at radius 2 is 2.11 bits per heavy atom. The lowest BCUT2D eigenvalue weighted by Gasteiger charge is -2.30. The predicted molar refractivity (Wildman–Crippen MR) is 65.7 cm³/mol. The highest BCUT2D eigenvalue weighted by Gasteiger charge is 2.27. The number of piperidine rings is 1. The van der Waals surface area contributed by atoms with E-state index in [4.69, 9.17) is 0 Å². The standard InChI is InChI=1S/C11H18N6O2/c1-7(10-13-15-16-14-10)12-11(19)9-3-5-17(6-4-9)8(2)18/h7,9H,3-6H2,1-2H3,(H,12,19)(H,13,14,15,16). The van der Waals surface area contributed by atoms with Crippen LogP contribution in [0.1, 0.15) is 38.6 Å². The minimum Gasteiger partial charge on any atom is -0.346 e. The first kappa shape index (κ1) is 13.4. The van der Waals surface area contributed by atoms with Crippen molar-refractivity contribution in [2.24, 2.45) is 5.92 Å². The van der Waals surface area contributed by atoms with Crippen molar-refractivity contribution >= 4 is 11.8 Å². The maximum atomic E-state index is 12.1. The van der Waals surface area contributed by atoms with Crippen molar-refractivity contribution in [3.05, 3.63) is 5.82 Å². The van der Waals surface area contributed by atoms with Gasteiger partial charge in [-0.1, -0.05) is 5.21 Å². The van der Waals surface area contributed by atoms with Crippen molar-refractivity contribution in [2.45, 2.75) is 32.7 Å². The molecule has 1 aliphatic heterocycles. The summed E-state index contributed by atoms with van der Waals surface area (Å²) < 4.78 is 0. The Hall–Kier alpha value is -1.99. The summed E-state index contributed by atoms with van der Waals surface area (Å²) in [4.78, 5) is 25.1. The van der Waals surface area contributed by atoms with Gasteiger partial charge in [0.25, 0.3) is 0 Å². The van der Waals surface area contributed by atoms with Crippen molar-refractivity contribution in [1.29, 1.82) is 0 Å². The lowest BCUT2D eigenvalue weighted by atomic mass is 9.95. The van der Waals surface area contributed by atoms with Gasteiger partial charge in [-0.3, -0.25) is 9.59 Å². The van der Waals surface area contributed by atoms with E-state index in [1.807, 2.05) is 6.92 Å². The number of aromatic nitrogens is 4. The molecule has 1 saturated heterocycles. The van der Waals surface area contributed by atoms with E-state index in [-0.39, 0.29) is 23.8 Å². The first-order valence-electron chi connectivity index (χ1n) is 6.37. The third-order valence-corrected chi connectivity index (χ3v) is 3.42. The van der Waals surface area contributed by atoms with E-state index >= 15 is 0 Å². The lowest BCUT2D eigenvalue weighted by Crippen LogP contribution is -2.42. The van der Waals surface area contributed by atoms with Crippen molar-refractivity contribution in [3.8, 4) is 0 Å². The van der Waals surface area contributed by atoms with Crippen LogP contribution in [0.3, 0.4) is 0 Å². The Morgan fingerprint density at radius 1 is 1.42 bits per heavy atom. The highest BCUT2D eigenvalue weighted by atomic mass is 16.2. The van der Waals surface area contributed by atoms with Gasteiger partial charge < -0.3 is 10.2 Å². The molecule has 1 aromatic heterocycles. The normalized spacial score (nSPS) is 18.1. The Bertz CT molecular complexity index is 438. The molecule has 1 aliphatic rings. The molecule has 104 valence electrons. The minimum absolute atomic E-state index is 0.0134.